The van der Waals surface area contributed by atoms with Gasteiger partial charge in [-0.05, 0) is 48.5 Å². The Morgan fingerprint density at radius 3 is 2.29 bits per heavy atom. The Hall–Kier alpha value is -3.72. The number of hydrogen-bond donors (Lipinski definition) is 1. The number of aromatic nitrogens is 3. The number of rotatable bonds is 8. The number of anilines is 1. The highest BCUT2D eigenvalue weighted by Gasteiger charge is 2.20. The molecule has 0 aliphatic heterocycles. The van der Waals surface area contributed by atoms with Gasteiger partial charge in [0.25, 0.3) is 15.9 Å². The first-order valence-electron chi connectivity index (χ1n) is 9.51. The molecule has 0 spiro atoms. The van der Waals surface area contributed by atoms with Gasteiger partial charge in [-0.1, -0.05) is 18.2 Å². The maximum absolute atomic E-state index is 12.9. The van der Waals surface area contributed by atoms with Crippen LogP contribution in [0.4, 0.5) is 5.82 Å². The molecule has 0 atom stereocenters. The number of fused-ring (bicyclic) bond motifs is 1. The maximum Gasteiger partial charge on any atom is 0.263 e. The van der Waals surface area contributed by atoms with Crippen molar-refractivity contribution in [1.29, 1.82) is 0 Å². The summed E-state index contributed by atoms with van der Waals surface area (Å²) in [6, 6.07) is 18.9. The number of sulfonamides is 1. The van der Waals surface area contributed by atoms with Gasteiger partial charge in [-0.2, -0.15) is 0 Å². The molecule has 158 valence electrons. The molecule has 0 fully saturated rings. The van der Waals surface area contributed by atoms with Gasteiger partial charge in [0.05, 0.1) is 29.6 Å². The summed E-state index contributed by atoms with van der Waals surface area (Å²) >= 11 is 0. The molecule has 31 heavy (non-hydrogen) atoms. The Morgan fingerprint density at radius 2 is 1.61 bits per heavy atom. The average Bonchev–Trinajstić information content (AvgIpc) is 2.80. The first kappa shape index (κ1) is 20.5. The lowest BCUT2D eigenvalue weighted by Gasteiger charge is -2.13. The van der Waals surface area contributed by atoms with E-state index < -0.39 is 10.0 Å². The molecule has 8 nitrogen and oxygen atoms in total. The van der Waals surface area contributed by atoms with E-state index in [1.165, 1.54) is 19.2 Å². The SMILES string of the molecule is COc1ccc(S(=O)(=O)Nc2nc3ccccc3nc2OCCc2ccccn2)cc1. The van der Waals surface area contributed by atoms with Crippen LogP contribution in [-0.2, 0) is 16.4 Å². The van der Waals surface area contributed by atoms with Gasteiger partial charge in [0, 0.05) is 18.3 Å². The van der Waals surface area contributed by atoms with Gasteiger partial charge in [-0.3, -0.25) is 9.71 Å². The molecular weight excluding hydrogens is 416 g/mol. The highest BCUT2D eigenvalue weighted by atomic mass is 32.2. The number of nitrogens with zero attached hydrogens (tertiary/aromatic N) is 3. The van der Waals surface area contributed by atoms with Gasteiger partial charge in [0.15, 0.2) is 0 Å². The second-order valence-electron chi connectivity index (χ2n) is 6.57. The van der Waals surface area contributed by atoms with E-state index in [4.69, 9.17) is 9.47 Å². The normalized spacial score (nSPS) is 11.3. The Morgan fingerprint density at radius 1 is 0.903 bits per heavy atom. The van der Waals surface area contributed by atoms with Crippen molar-refractivity contribution in [3.8, 4) is 11.6 Å². The van der Waals surface area contributed by atoms with Crippen molar-refractivity contribution in [3.63, 3.8) is 0 Å². The smallest absolute Gasteiger partial charge is 0.263 e. The fourth-order valence-electron chi connectivity index (χ4n) is 2.89. The van der Waals surface area contributed by atoms with Gasteiger partial charge in [0.1, 0.15) is 5.75 Å². The standard InChI is InChI=1S/C22H20N4O4S/c1-29-17-9-11-18(12-10-17)31(27,28)26-21-22(25-20-8-3-2-7-19(20)24-21)30-15-13-16-6-4-5-14-23-16/h2-12,14H,13,15H2,1H3,(H,24,26). The van der Waals surface area contributed by atoms with Gasteiger partial charge in [-0.15, -0.1) is 0 Å². The first-order valence-corrected chi connectivity index (χ1v) is 11.0. The molecule has 1 N–H and O–H groups in total. The van der Waals surface area contributed by atoms with Crippen LogP contribution in [0.25, 0.3) is 11.0 Å². The molecule has 9 heteroatoms. The van der Waals surface area contributed by atoms with Crippen LogP contribution in [0, 0.1) is 0 Å². The van der Waals surface area contributed by atoms with Crippen molar-refractivity contribution >= 4 is 26.9 Å². The van der Waals surface area contributed by atoms with Gasteiger partial charge in [-0.25, -0.2) is 18.4 Å². The van der Waals surface area contributed by atoms with Crippen LogP contribution in [0.2, 0.25) is 0 Å². The van der Waals surface area contributed by atoms with E-state index >= 15 is 0 Å². The number of hydrogen-bond acceptors (Lipinski definition) is 7. The summed E-state index contributed by atoms with van der Waals surface area (Å²) < 4.78 is 39.2. The van der Waals surface area contributed by atoms with Crippen LogP contribution in [-0.4, -0.2) is 37.1 Å². The number of benzene rings is 2. The monoisotopic (exact) mass is 436 g/mol. The number of pyridine rings is 1. The van der Waals surface area contributed by atoms with Crippen LogP contribution in [0.5, 0.6) is 11.6 Å². The Labute approximate surface area is 180 Å². The Kier molecular flexibility index (Phi) is 5.94. The zero-order valence-electron chi connectivity index (χ0n) is 16.7. The number of ether oxygens (including phenoxy) is 2. The molecule has 0 bridgehead atoms. The quantitative estimate of drug-likeness (QED) is 0.451. The Balaban J connectivity index is 1.62. The van der Waals surface area contributed by atoms with E-state index in [-0.39, 0.29) is 23.2 Å². The van der Waals surface area contributed by atoms with E-state index in [0.717, 1.165) is 5.69 Å². The number of nitrogens with one attached hydrogen (secondary N) is 1. The summed E-state index contributed by atoms with van der Waals surface area (Å²) in [6.07, 6.45) is 2.25. The van der Waals surface area contributed by atoms with Crippen LogP contribution in [0.3, 0.4) is 0 Å². The molecule has 0 radical (unpaired) electrons. The molecule has 2 aromatic heterocycles. The van der Waals surface area contributed by atoms with Gasteiger partial charge >= 0.3 is 0 Å². The fourth-order valence-corrected chi connectivity index (χ4v) is 3.89. The molecule has 4 rings (SSSR count). The van der Waals surface area contributed by atoms with E-state index in [0.29, 0.717) is 23.2 Å². The first-order chi connectivity index (χ1) is 15.0. The number of methoxy groups -OCH3 is 1. The summed E-state index contributed by atoms with van der Waals surface area (Å²) in [5.74, 6) is 0.685. The predicted molar refractivity (Wildman–Crippen MR) is 117 cm³/mol. The molecule has 0 saturated carbocycles. The minimum absolute atomic E-state index is 0.0236. The lowest BCUT2D eigenvalue weighted by atomic mass is 10.3. The third-order valence-corrected chi connectivity index (χ3v) is 5.82. The lowest BCUT2D eigenvalue weighted by Crippen LogP contribution is -2.16. The summed E-state index contributed by atoms with van der Waals surface area (Å²) in [6.45, 7) is 0.265. The molecule has 0 amide bonds. The molecule has 0 saturated heterocycles. The van der Waals surface area contributed by atoms with Crippen LogP contribution >= 0.6 is 0 Å². The lowest BCUT2D eigenvalue weighted by molar-refractivity contribution is 0.310. The molecular formula is C22H20N4O4S. The molecule has 2 heterocycles. The Bertz CT molecular complexity index is 1280. The minimum atomic E-state index is -3.91. The molecule has 0 aliphatic rings. The fraction of sp³-hybridized carbons (Fsp3) is 0.136. The predicted octanol–water partition coefficient (Wildman–Crippen LogP) is 3.46. The van der Waals surface area contributed by atoms with Crippen molar-refractivity contribution in [1.82, 2.24) is 15.0 Å². The third kappa shape index (κ3) is 4.89. The average molecular weight is 436 g/mol. The van der Waals surface area contributed by atoms with E-state index in [2.05, 4.69) is 19.7 Å². The highest BCUT2D eigenvalue weighted by molar-refractivity contribution is 7.92. The van der Waals surface area contributed by atoms with Crippen molar-refractivity contribution < 1.29 is 17.9 Å². The summed E-state index contributed by atoms with van der Waals surface area (Å²) in [4.78, 5) is 13.2. The molecule has 4 aromatic rings. The van der Waals surface area contributed by atoms with E-state index in [1.807, 2.05) is 24.3 Å². The van der Waals surface area contributed by atoms with Crippen molar-refractivity contribution in [2.45, 2.75) is 11.3 Å². The van der Waals surface area contributed by atoms with Crippen molar-refractivity contribution in [2.75, 3.05) is 18.4 Å². The summed E-state index contributed by atoms with van der Waals surface area (Å²) in [7, 11) is -2.39. The molecule has 2 aromatic carbocycles. The van der Waals surface area contributed by atoms with Crippen molar-refractivity contribution in [3.05, 3.63) is 78.6 Å². The van der Waals surface area contributed by atoms with Crippen LogP contribution in [0.1, 0.15) is 5.69 Å². The second kappa shape index (κ2) is 8.97. The molecule has 0 unspecified atom stereocenters. The zero-order valence-corrected chi connectivity index (χ0v) is 17.5. The van der Waals surface area contributed by atoms with Crippen LogP contribution < -0.4 is 14.2 Å². The van der Waals surface area contributed by atoms with E-state index in [1.54, 1.807) is 36.5 Å². The third-order valence-electron chi connectivity index (χ3n) is 4.46. The maximum atomic E-state index is 12.9. The largest absolute Gasteiger partial charge is 0.497 e. The van der Waals surface area contributed by atoms with Crippen molar-refractivity contribution in [2.24, 2.45) is 0 Å². The minimum Gasteiger partial charge on any atom is -0.497 e. The summed E-state index contributed by atoms with van der Waals surface area (Å²) in [5.41, 5.74) is 2.01. The van der Waals surface area contributed by atoms with Gasteiger partial charge in [0.2, 0.25) is 5.82 Å². The number of para-hydroxylation sites is 2. The van der Waals surface area contributed by atoms with Gasteiger partial charge < -0.3 is 9.47 Å². The summed E-state index contributed by atoms with van der Waals surface area (Å²) in [5, 5.41) is 0. The topological polar surface area (TPSA) is 103 Å². The van der Waals surface area contributed by atoms with E-state index in [9.17, 15) is 8.42 Å². The second-order valence-corrected chi connectivity index (χ2v) is 8.25. The highest BCUT2D eigenvalue weighted by Crippen LogP contribution is 2.26. The molecule has 0 aliphatic carbocycles. The zero-order chi connectivity index (χ0) is 21.7. The van der Waals surface area contributed by atoms with Crippen LogP contribution in [0.15, 0.2) is 77.8 Å².